The number of carbonyl (C=O) groups excluding carboxylic acids is 3. The van der Waals surface area contributed by atoms with E-state index < -0.39 is 11.9 Å². The average molecular weight is 567 g/mol. The summed E-state index contributed by atoms with van der Waals surface area (Å²) in [7, 11) is 0. The van der Waals surface area contributed by atoms with Gasteiger partial charge in [-0.2, -0.15) is 0 Å². The Kier molecular flexibility index (Phi) is 8.12. The van der Waals surface area contributed by atoms with Gasteiger partial charge in [0.05, 0.1) is 43.3 Å². The number of aliphatic imine (C=N–C) groups is 1. The molecular formula is C33H34N4O5. The van der Waals surface area contributed by atoms with Crippen LogP contribution in [0.25, 0.3) is 0 Å². The van der Waals surface area contributed by atoms with Crippen LogP contribution in [-0.2, 0) is 32.2 Å². The van der Waals surface area contributed by atoms with Crippen molar-refractivity contribution in [2.24, 2.45) is 4.99 Å². The van der Waals surface area contributed by atoms with E-state index in [0.29, 0.717) is 56.4 Å². The number of benzene rings is 3. The molecule has 0 bridgehead atoms. The van der Waals surface area contributed by atoms with E-state index in [2.05, 4.69) is 10.2 Å². The van der Waals surface area contributed by atoms with Crippen molar-refractivity contribution in [3.63, 3.8) is 0 Å². The highest BCUT2D eigenvalue weighted by Crippen LogP contribution is 2.37. The second-order valence-corrected chi connectivity index (χ2v) is 10.8. The number of hydrogen-bond donors (Lipinski definition) is 1. The first kappa shape index (κ1) is 27.8. The molecule has 9 heteroatoms. The van der Waals surface area contributed by atoms with Crippen LogP contribution in [0.15, 0.2) is 71.7 Å². The highest BCUT2D eigenvalue weighted by Gasteiger charge is 2.36. The Morgan fingerprint density at radius 3 is 2.55 bits per heavy atom. The lowest BCUT2D eigenvalue weighted by molar-refractivity contribution is -0.134. The van der Waals surface area contributed by atoms with Crippen molar-refractivity contribution >= 4 is 34.9 Å². The van der Waals surface area contributed by atoms with Gasteiger partial charge in [0.2, 0.25) is 11.8 Å². The third-order valence-electron chi connectivity index (χ3n) is 7.88. The van der Waals surface area contributed by atoms with Crippen LogP contribution < -0.4 is 5.32 Å². The van der Waals surface area contributed by atoms with Gasteiger partial charge in [0.25, 0.3) is 0 Å². The number of esters is 1. The van der Waals surface area contributed by atoms with E-state index in [4.69, 9.17) is 14.5 Å². The van der Waals surface area contributed by atoms with Gasteiger partial charge in [-0.05, 0) is 52.9 Å². The molecule has 9 nitrogen and oxygen atoms in total. The van der Waals surface area contributed by atoms with Gasteiger partial charge in [-0.15, -0.1) is 0 Å². The number of ether oxygens (including phenoxy) is 2. The van der Waals surface area contributed by atoms with E-state index in [1.54, 1.807) is 18.2 Å². The Hall–Kier alpha value is -4.34. The van der Waals surface area contributed by atoms with Crippen molar-refractivity contribution in [1.29, 1.82) is 0 Å². The molecule has 42 heavy (non-hydrogen) atoms. The fourth-order valence-electron chi connectivity index (χ4n) is 5.66. The summed E-state index contributed by atoms with van der Waals surface area (Å²) < 4.78 is 10.7. The first-order valence-electron chi connectivity index (χ1n) is 14.5. The molecule has 0 spiro atoms. The summed E-state index contributed by atoms with van der Waals surface area (Å²) in [5, 5.41) is 2.94. The summed E-state index contributed by atoms with van der Waals surface area (Å²) in [4.78, 5) is 47.9. The Labute approximate surface area is 245 Å². The molecule has 0 radical (unpaired) electrons. The van der Waals surface area contributed by atoms with E-state index in [1.807, 2.05) is 60.4 Å². The molecule has 6 rings (SSSR count). The lowest BCUT2D eigenvalue weighted by Crippen LogP contribution is -2.43. The number of nitrogens with one attached hydrogen (secondary N) is 1. The molecule has 3 aromatic rings. The zero-order valence-electron chi connectivity index (χ0n) is 23.7. The van der Waals surface area contributed by atoms with Gasteiger partial charge >= 0.3 is 5.97 Å². The fraction of sp³-hybridized carbons (Fsp3) is 0.333. The Bertz CT molecular complexity index is 1530. The Balaban J connectivity index is 1.27. The molecule has 0 aliphatic carbocycles. The number of carbonyl (C=O) groups is 3. The van der Waals surface area contributed by atoms with Gasteiger partial charge in [-0.25, -0.2) is 4.79 Å². The average Bonchev–Trinajstić information content (AvgIpc) is 3.59. The van der Waals surface area contributed by atoms with E-state index >= 15 is 0 Å². The molecular weight excluding hydrogens is 532 g/mol. The summed E-state index contributed by atoms with van der Waals surface area (Å²) in [6.07, 6.45) is 0.734. The highest BCUT2D eigenvalue weighted by molar-refractivity contribution is 6.24. The quantitative estimate of drug-likeness (QED) is 0.323. The molecule has 1 unspecified atom stereocenters. The summed E-state index contributed by atoms with van der Waals surface area (Å²) in [6, 6.07) is 20.8. The summed E-state index contributed by atoms with van der Waals surface area (Å²) in [6.45, 7) is 6.66. The minimum atomic E-state index is -0.650. The van der Waals surface area contributed by atoms with Crippen LogP contribution in [0.1, 0.15) is 51.9 Å². The molecule has 1 fully saturated rings. The fourth-order valence-corrected chi connectivity index (χ4v) is 5.66. The van der Waals surface area contributed by atoms with Gasteiger partial charge in [-0.1, -0.05) is 49.4 Å². The minimum Gasteiger partial charge on any atom is -0.462 e. The molecule has 3 aliphatic rings. The molecule has 1 atom stereocenters. The van der Waals surface area contributed by atoms with Crippen LogP contribution in [0.3, 0.4) is 0 Å². The molecule has 3 aromatic carbocycles. The number of amides is 2. The monoisotopic (exact) mass is 566 g/mol. The topological polar surface area (TPSA) is 101 Å². The van der Waals surface area contributed by atoms with Gasteiger partial charge in [0.1, 0.15) is 5.92 Å². The third-order valence-corrected chi connectivity index (χ3v) is 7.88. The van der Waals surface area contributed by atoms with Gasteiger partial charge in [-0.3, -0.25) is 19.5 Å². The van der Waals surface area contributed by atoms with Crippen LogP contribution in [0.4, 0.5) is 11.4 Å². The first-order chi connectivity index (χ1) is 20.5. The number of anilines is 1. The van der Waals surface area contributed by atoms with Crippen molar-refractivity contribution in [3.05, 3.63) is 94.5 Å². The predicted octanol–water partition coefficient (Wildman–Crippen LogP) is 4.28. The summed E-state index contributed by atoms with van der Waals surface area (Å²) >= 11 is 0. The van der Waals surface area contributed by atoms with Gasteiger partial charge in [0.15, 0.2) is 0 Å². The van der Waals surface area contributed by atoms with Crippen molar-refractivity contribution < 1.29 is 23.9 Å². The number of morpholine rings is 1. The summed E-state index contributed by atoms with van der Waals surface area (Å²) in [5.74, 6) is -1.15. The molecule has 216 valence electrons. The number of fused-ring (bicyclic) bond motifs is 2. The van der Waals surface area contributed by atoms with E-state index in [-0.39, 0.29) is 11.8 Å². The van der Waals surface area contributed by atoms with Crippen molar-refractivity contribution in [1.82, 2.24) is 9.80 Å². The second kappa shape index (κ2) is 12.3. The zero-order valence-corrected chi connectivity index (χ0v) is 23.7. The smallest absolute Gasteiger partial charge is 0.338 e. The predicted molar refractivity (Wildman–Crippen MR) is 159 cm³/mol. The largest absolute Gasteiger partial charge is 0.462 e. The van der Waals surface area contributed by atoms with Crippen LogP contribution in [-0.4, -0.2) is 72.8 Å². The first-order valence-corrected chi connectivity index (χ1v) is 14.5. The maximum absolute atomic E-state index is 13.4. The van der Waals surface area contributed by atoms with Crippen molar-refractivity contribution in [2.45, 2.75) is 32.4 Å². The van der Waals surface area contributed by atoms with E-state index in [1.165, 1.54) is 0 Å². The maximum atomic E-state index is 13.4. The van der Waals surface area contributed by atoms with Crippen molar-refractivity contribution in [3.8, 4) is 0 Å². The maximum Gasteiger partial charge on any atom is 0.338 e. The van der Waals surface area contributed by atoms with Crippen LogP contribution in [0.5, 0.6) is 0 Å². The molecule has 0 saturated carbocycles. The van der Waals surface area contributed by atoms with E-state index in [9.17, 15) is 14.4 Å². The Morgan fingerprint density at radius 2 is 1.76 bits per heavy atom. The van der Waals surface area contributed by atoms with Crippen LogP contribution in [0, 0.1) is 0 Å². The molecule has 2 amide bonds. The normalized spacial score (nSPS) is 18.4. The number of nitrogens with zero attached hydrogens (tertiary/aromatic N) is 3. The molecule has 3 heterocycles. The van der Waals surface area contributed by atoms with Crippen molar-refractivity contribution in [2.75, 3.05) is 44.8 Å². The van der Waals surface area contributed by atoms with Crippen LogP contribution >= 0.6 is 0 Å². The van der Waals surface area contributed by atoms with E-state index in [0.717, 1.165) is 47.5 Å². The summed E-state index contributed by atoms with van der Waals surface area (Å²) in [5.41, 5.74) is 6.08. The zero-order chi connectivity index (χ0) is 29.1. The SMILES string of the molecule is CCCOC(=O)c1ccc2c(c1)NC(=O)C2C(=Nc1ccc2c(c1)CN(C(=O)CN1CCOCC1)C2)c1ccccc1. The number of hydrogen-bond acceptors (Lipinski definition) is 7. The van der Waals surface area contributed by atoms with Gasteiger partial charge in [0, 0.05) is 31.9 Å². The van der Waals surface area contributed by atoms with Gasteiger partial charge < -0.3 is 19.7 Å². The molecule has 3 aliphatic heterocycles. The standard InChI is InChI=1S/C33H34N4O5/c1-2-14-42-33(40)23-9-11-27-28(18-23)35-32(39)30(27)31(22-6-4-3-5-7-22)34-26-10-8-24-19-37(20-25(24)17-26)29(38)21-36-12-15-41-16-13-36/h3-11,17-18,30H,2,12-16,19-21H2,1H3,(H,35,39). The minimum absolute atomic E-state index is 0.111. The third kappa shape index (κ3) is 5.84. The molecule has 1 N–H and O–H groups in total. The highest BCUT2D eigenvalue weighted by atomic mass is 16.5. The molecule has 1 saturated heterocycles. The number of rotatable bonds is 8. The lowest BCUT2D eigenvalue weighted by Gasteiger charge is -2.27. The molecule has 0 aromatic heterocycles. The lowest BCUT2D eigenvalue weighted by atomic mass is 9.90. The van der Waals surface area contributed by atoms with Crippen LogP contribution in [0.2, 0.25) is 0 Å². The Morgan fingerprint density at radius 1 is 0.976 bits per heavy atom. The second-order valence-electron chi connectivity index (χ2n) is 10.8.